The minimum absolute atomic E-state index is 0.0607. The summed E-state index contributed by atoms with van der Waals surface area (Å²) in [5.74, 6) is -1.62. The fraction of sp³-hybridized carbons (Fsp3) is 0.636. The highest BCUT2D eigenvalue weighted by molar-refractivity contribution is 5.94. The monoisotopic (exact) mass is 455 g/mol. The van der Waals surface area contributed by atoms with Crippen LogP contribution in [-0.4, -0.2) is 70.0 Å². The number of halogens is 3. The third kappa shape index (κ3) is 5.58. The van der Waals surface area contributed by atoms with Crippen LogP contribution in [0.3, 0.4) is 0 Å². The first-order valence-corrected chi connectivity index (χ1v) is 10.9. The highest BCUT2D eigenvalue weighted by Crippen LogP contribution is 2.42. The molecule has 1 aromatic rings. The van der Waals surface area contributed by atoms with Gasteiger partial charge >= 0.3 is 12.1 Å². The first-order valence-electron chi connectivity index (χ1n) is 10.9. The van der Waals surface area contributed by atoms with E-state index in [2.05, 4.69) is 9.88 Å². The van der Waals surface area contributed by atoms with Gasteiger partial charge in [-0.1, -0.05) is 12.8 Å². The number of carboxylic acids is 1. The van der Waals surface area contributed by atoms with Crippen molar-refractivity contribution in [2.24, 2.45) is 11.3 Å². The Morgan fingerprint density at radius 1 is 1.06 bits per heavy atom. The Hall–Kier alpha value is -2.65. The summed E-state index contributed by atoms with van der Waals surface area (Å²) in [4.78, 5) is 42.5. The third-order valence-corrected chi connectivity index (χ3v) is 6.73. The van der Waals surface area contributed by atoms with Crippen LogP contribution in [0.25, 0.3) is 0 Å². The molecular weight excluding hydrogens is 427 g/mol. The van der Waals surface area contributed by atoms with E-state index >= 15 is 0 Å². The summed E-state index contributed by atoms with van der Waals surface area (Å²) in [5.41, 5.74) is 0.486. The Balaban J connectivity index is 0.000000360. The number of carbonyl (C=O) groups is 3. The summed E-state index contributed by atoms with van der Waals surface area (Å²) in [7, 11) is 0. The predicted molar refractivity (Wildman–Crippen MR) is 109 cm³/mol. The van der Waals surface area contributed by atoms with Gasteiger partial charge in [-0.05, 0) is 50.2 Å². The van der Waals surface area contributed by atoms with E-state index < -0.39 is 12.1 Å². The molecule has 10 heteroatoms. The number of pyridine rings is 1. The van der Waals surface area contributed by atoms with E-state index in [4.69, 9.17) is 9.90 Å². The first-order chi connectivity index (χ1) is 15.1. The Kier molecular flexibility index (Phi) is 7.40. The maximum absolute atomic E-state index is 13.0. The lowest BCUT2D eigenvalue weighted by Gasteiger charge is -2.38. The van der Waals surface area contributed by atoms with E-state index in [0.29, 0.717) is 30.5 Å². The van der Waals surface area contributed by atoms with Crippen molar-refractivity contribution in [3.05, 3.63) is 30.1 Å². The maximum Gasteiger partial charge on any atom is 0.490 e. The molecule has 3 aliphatic rings. The lowest BCUT2D eigenvalue weighted by atomic mass is 9.77. The average molecular weight is 455 g/mol. The van der Waals surface area contributed by atoms with E-state index in [0.717, 1.165) is 32.4 Å². The number of carboxylic acid groups (broad SMARTS) is 1. The van der Waals surface area contributed by atoms with Crippen molar-refractivity contribution in [2.75, 3.05) is 26.2 Å². The van der Waals surface area contributed by atoms with Gasteiger partial charge in [-0.15, -0.1) is 0 Å². The largest absolute Gasteiger partial charge is 0.490 e. The summed E-state index contributed by atoms with van der Waals surface area (Å²) in [6, 6.07) is 3.52. The van der Waals surface area contributed by atoms with Gasteiger partial charge in [-0.3, -0.25) is 14.6 Å². The van der Waals surface area contributed by atoms with Crippen LogP contribution < -0.4 is 0 Å². The quantitative estimate of drug-likeness (QED) is 0.755. The highest BCUT2D eigenvalue weighted by atomic mass is 19.4. The fourth-order valence-electron chi connectivity index (χ4n) is 4.85. The van der Waals surface area contributed by atoms with E-state index in [-0.39, 0.29) is 11.3 Å². The second kappa shape index (κ2) is 9.87. The van der Waals surface area contributed by atoms with Gasteiger partial charge in [0.2, 0.25) is 5.91 Å². The van der Waals surface area contributed by atoms with Crippen LogP contribution in [0.5, 0.6) is 0 Å². The molecule has 1 spiro atoms. The number of aliphatic carboxylic acids is 1. The molecule has 0 radical (unpaired) electrons. The number of hydrogen-bond donors (Lipinski definition) is 1. The molecular formula is C22H28F3N3O4. The van der Waals surface area contributed by atoms with Crippen molar-refractivity contribution < 1.29 is 32.7 Å². The summed E-state index contributed by atoms with van der Waals surface area (Å²) in [6.45, 7) is 3.24. The normalized spacial score (nSPS) is 20.9. The Labute approximate surface area is 184 Å². The number of alkyl halides is 3. The zero-order valence-corrected chi connectivity index (χ0v) is 17.8. The molecule has 0 atom stereocenters. The second-order valence-electron chi connectivity index (χ2n) is 8.76. The van der Waals surface area contributed by atoms with Gasteiger partial charge in [0.15, 0.2) is 0 Å². The van der Waals surface area contributed by atoms with Crippen LogP contribution in [0.15, 0.2) is 24.5 Å². The van der Waals surface area contributed by atoms with Crippen LogP contribution in [0.1, 0.15) is 55.3 Å². The molecule has 0 unspecified atom stereocenters. The third-order valence-electron chi connectivity index (χ3n) is 6.73. The maximum atomic E-state index is 13.0. The van der Waals surface area contributed by atoms with Gasteiger partial charge in [0.1, 0.15) is 0 Å². The summed E-state index contributed by atoms with van der Waals surface area (Å²) in [6.07, 6.45) is 6.02. The summed E-state index contributed by atoms with van der Waals surface area (Å²) >= 11 is 0. The van der Waals surface area contributed by atoms with E-state index in [1.54, 1.807) is 24.5 Å². The fourth-order valence-corrected chi connectivity index (χ4v) is 4.85. The number of hydrogen-bond acceptors (Lipinski definition) is 4. The molecule has 3 fully saturated rings. The molecule has 3 heterocycles. The molecule has 0 bridgehead atoms. The molecule has 1 saturated carbocycles. The predicted octanol–water partition coefficient (Wildman–Crippen LogP) is 3.36. The highest BCUT2D eigenvalue weighted by Gasteiger charge is 2.48. The summed E-state index contributed by atoms with van der Waals surface area (Å²) < 4.78 is 31.7. The minimum Gasteiger partial charge on any atom is -0.475 e. The van der Waals surface area contributed by atoms with Crippen molar-refractivity contribution in [3.8, 4) is 0 Å². The van der Waals surface area contributed by atoms with Crippen molar-refractivity contribution >= 4 is 17.8 Å². The molecule has 32 heavy (non-hydrogen) atoms. The number of nitrogens with zero attached hydrogens (tertiary/aromatic N) is 3. The number of carbonyl (C=O) groups excluding carboxylic acids is 2. The van der Waals surface area contributed by atoms with Crippen molar-refractivity contribution in [1.82, 2.24) is 14.8 Å². The molecule has 1 N–H and O–H groups in total. The Morgan fingerprint density at radius 2 is 1.59 bits per heavy atom. The zero-order valence-electron chi connectivity index (χ0n) is 17.8. The van der Waals surface area contributed by atoms with Crippen LogP contribution in [-0.2, 0) is 9.59 Å². The molecule has 7 nitrogen and oxygen atoms in total. The van der Waals surface area contributed by atoms with Gasteiger partial charge in [0.05, 0.1) is 5.41 Å². The van der Waals surface area contributed by atoms with Crippen molar-refractivity contribution in [1.29, 1.82) is 0 Å². The van der Waals surface area contributed by atoms with E-state index in [1.807, 2.05) is 4.90 Å². The zero-order chi connectivity index (χ0) is 23.4. The van der Waals surface area contributed by atoms with Crippen LogP contribution >= 0.6 is 0 Å². The SMILES string of the molecule is O=C(O)C(F)(F)F.O=C(c1ccncc1)N1CCC2(CC1)CCN(CC1CCCC1)C2=O. The van der Waals surface area contributed by atoms with Gasteiger partial charge in [-0.25, -0.2) is 4.79 Å². The molecule has 0 aromatic carbocycles. The van der Waals surface area contributed by atoms with Gasteiger partial charge in [0, 0.05) is 44.1 Å². The van der Waals surface area contributed by atoms with Gasteiger partial charge in [0.25, 0.3) is 5.91 Å². The Morgan fingerprint density at radius 3 is 2.12 bits per heavy atom. The first kappa shape index (κ1) is 24.0. The molecule has 1 aromatic heterocycles. The lowest BCUT2D eigenvalue weighted by Crippen LogP contribution is -2.47. The number of rotatable bonds is 3. The molecule has 176 valence electrons. The standard InChI is InChI=1S/C20H27N3O2.C2HF3O2/c24-18(17-5-10-21-11-6-17)22-12-7-20(8-13-22)9-14-23(19(20)25)15-16-3-1-2-4-16;3-2(4,5)1(6)7/h5-6,10-11,16H,1-4,7-9,12-15H2;(H,6,7). The van der Waals surface area contributed by atoms with Gasteiger partial charge in [-0.2, -0.15) is 13.2 Å². The van der Waals surface area contributed by atoms with Gasteiger partial charge < -0.3 is 14.9 Å². The lowest BCUT2D eigenvalue weighted by molar-refractivity contribution is -0.192. The number of likely N-dealkylation sites (tertiary alicyclic amines) is 2. The molecule has 2 saturated heterocycles. The molecule has 2 aliphatic heterocycles. The molecule has 2 amide bonds. The van der Waals surface area contributed by atoms with Crippen LogP contribution in [0, 0.1) is 11.3 Å². The number of piperidine rings is 1. The van der Waals surface area contributed by atoms with Crippen LogP contribution in [0.4, 0.5) is 13.2 Å². The van der Waals surface area contributed by atoms with E-state index in [9.17, 15) is 22.8 Å². The van der Waals surface area contributed by atoms with Crippen molar-refractivity contribution in [3.63, 3.8) is 0 Å². The summed E-state index contributed by atoms with van der Waals surface area (Å²) in [5, 5.41) is 7.12. The Bertz CT molecular complexity index is 817. The average Bonchev–Trinajstić information content (AvgIpc) is 3.39. The minimum atomic E-state index is -5.08. The molecule has 4 rings (SSSR count). The van der Waals surface area contributed by atoms with E-state index in [1.165, 1.54) is 25.7 Å². The van der Waals surface area contributed by atoms with Crippen LogP contribution in [0.2, 0.25) is 0 Å². The van der Waals surface area contributed by atoms with Crippen molar-refractivity contribution in [2.45, 2.75) is 51.1 Å². The topological polar surface area (TPSA) is 90.8 Å². The smallest absolute Gasteiger partial charge is 0.475 e. The number of amides is 2. The number of aromatic nitrogens is 1. The molecule has 1 aliphatic carbocycles. The second-order valence-corrected chi connectivity index (χ2v) is 8.76.